The monoisotopic (exact) mass is 490 g/mol. The molecule has 1 fully saturated rings. The lowest BCUT2D eigenvalue weighted by molar-refractivity contribution is 0.248. The van der Waals surface area contributed by atoms with E-state index in [4.69, 9.17) is 0 Å². The third kappa shape index (κ3) is 6.16. The maximum Gasteiger partial charge on any atom is 0.194 e. The maximum atomic E-state index is 15.2. The first-order valence-corrected chi connectivity index (χ1v) is 13.2. The summed E-state index contributed by atoms with van der Waals surface area (Å²) in [6.45, 7) is 2.24. The standard InChI is InChI=1S/C30H35F5/c1-2-3-4-5-6-19-7-9-20(10-8-19)11-12-21-13-14-24-22(15-21)16-25(31)28(29(24)34)23-17-26(32)30(35)27(33)18-23/h15-20H,2-14H2,1H3. The van der Waals surface area contributed by atoms with Crippen LogP contribution >= 0.6 is 0 Å². The van der Waals surface area contributed by atoms with Crippen LogP contribution in [0.2, 0.25) is 0 Å². The first-order valence-electron chi connectivity index (χ1n) is 13.2. The molecule has 0 aliphatic heterocycles. The Kier molecular flexibility index (Phi) is 8.67. The molecule has 2 aromatic rings. The van der Waals surface area contributed by atoms with Gasteiger partial charge >= 0.3 is 0 Å². The summed E-state index contributed by atoms with van der Waals surface area (Å²) in [5, 5.41) is 0. The molecular formula is C30H35F5. The summed E-state index contributed by atoms with van der Waals surface area (Å²) in [7, 11) is 0. The predicted molar refractivity (Wildman–Crippen MR) is 131 cm³/mol. The van der Waals surface area contributed by atoms with E-state index in [1.54, 1.807) is 0 Å². The van der Waals surface area contributed by atoms with E-state index < -0.39 is 34.6 Å². The van der Waals surface area contributed by atoms with Crippen LogP contribution in [0.5, 0.6) is 0 Å². The molecule has 0 saturated heterocycles. The second-order valence-corrected chi connectivity index (χ2v) is 10.4. The molecule has 2 aliphatic carbocycles. The minimum absolute atomic E-state index is 0.338. The molecule has 0 bridgehead atoms. The molecule has 0 unspecified atom stereocenters. The Hall–Kier alpha value is -2.17. The van der Waals surface area contributed by atoms with Gasteiger partial charge in [-0.25, -0.2) is 22.0 Å². The smallest absolute Gasteiger partial charge is 0.194 e. The summed E-state index contributed by atoms with van der Waals surface area (Å²) in [5.74, 6) is -4.70. The summed E-state index contributed by atoms with van der Waals surface area (Å²) in [6.07, 6.45) is 16.9. The van der Waals surface area contributed by atoms with Gasteiger partial charge in [-0.3, -0.25) is 0 Å². The lowest BCUT2D eigenvalue weighted by Crippen LogP contribution is -2.15. The van der Waals surface area contributed by atoms with Gasteiger partial charge in [-0.15, -0.1) is 0 Å². The first kappa shape index (κ1) is 25.9. The second-order valence-electron chi connectivity index (χ2n) is 10.4. The van der Waals surface area contributed by atoms with Gasteiger partial charge < -0.3 is 0 Å². The molecule has 5 heteroatoms. The molecule has 0 amide bonds. The molecule has 0 atom stereocenters. The van der Waals surface area contributed by atoms with Gasteiger partial charge in [-0.2, -0.15) is 0 Å². The average molecular weight is 491 g/mol. The molecule has 0 aromatic heterocycles. The van der Waals surface area contributed by atoms with Crippen LogP contribution in [0.4, 0.5) is 22.0 Å². The van der Waals surface area contributed by atoms with E-state index >= 15 is 4.39 Å². The molecule has 0 N–H and O–H groups in total. The Morgan fingerprint density at radius 2 is 1.37 bits per heavy atom. The lowest BCUT2D eigenvalue weighted by Gasteiger charge is -2.29. The number of halogens is 5. The van der Waals surface area contributed by atoms with E-state index in [9.17, 15) is 17.6 Å². The quantitative estimate of drug-likeness (QED) is 0.186. The van der Waals surface area contributed by atoms with Gasteiger partial charge in [0.1, 0.15) is 11.6 Å². The highest BCUT2D eigenvalue weighted by atomic mass is 19.2. The van der Waals surface area contributed by atoms with Crippen molar-refractivity contribution in [2.75, 3.05) is 0 Å². The van der Waals surface area contributed by atoms with Crippen LogP contribution in [0.1, 0.15) is 95.1 Å². The molecule has 190 valence electrons. The highest BCUT2D eigenvalue weighted by Crippen LogP contribution is 2.39. The minimum atomic E-state index is -1.65. The van der Waals surface area contributed by atoms with Crippen molar-refractivity contribution in [2.24, 2.45) is 11.8 Å². The summed E-state index contributed by atoms with van der Waals surface area (Å²) in [4.78, 5) is 0. The number of allylic oxidation sites excluding steroid dienone is 1. The van der Waals surface area contributed by atoms with Gasteiger partial charge in [0.15, 0.2) is 17.5 Å². The predicted octanol–water partition coefficient (Wildman–Crippen LogP) is 9.94. The fourth-order valence-electron chi connectivity index (χ4n) is 5.86. The van der Waals surface area contributed by atoms with Crippen molar-refractivity contribution >= 4 is 6.08 Å². The number of hydrogen-bond donors (Lipinski definition) is 0. The maximum absolute atomic E-state index is 15.2. The van der Waals surface area contributed by atoms with Crippen LogP contribution < -0.4 is 0 Å². The fraction of sp³-hybridized carbons (Fsp3) is 0.533. The highest BCUT2D eigenvalue weighted by molar-refractivity contribution is 5.71. The molecule has 0 spiro atoms. The Bertz CT molecular complexity index is 1040. The largest absolute Gasteiger partial charge is 0.206 e. The zero-order valence-electron chi connectivity index (χ0n) is 20.5. The number of rotatable bonds is 9. The summed E-state index contributed by atoms with van der Waals surface area (Å²) in [6, 6.07) is 2.50. The Morgan fingerprint density at radius 1 is 0.714 bits per heavy atom. The molecular weight excluding hydrogens is 455 g/mol. The highest BCUT2D eigenvalue weighted by Gasteiger charge is 2.25. The molecule has 2 aromatic carbocycles. The van der Waals surface area contributed by atoms with Crippen LogP contribution in [-0.4, -0.2) is 0 Å². The zero-order chi connectivity index (χ0) is 24.9. The average Bonchev–Trinajstić information content (AvgIpc) is 2.84. The number of unbranched alkanes of at least 4 members (excludes halogenated alkanes) is 3. The van der Waals surface area contributed by atoms with E-state index in [2.05, 4.69) is 6.92 Å². The van der Waals surface area contributed by atoms with Crippen molar-refractivity contribution in [3.05, 3.63) is 64.0 Å². The Morgan fingerprint density at radius 3 is 2.03 bits per heavy atom. The molecule has 0 heterocycles. The minimum Gasteiger partial charge on any atom is -0.206 e. The molecule has 2 aliphatic rings. The molecule has 0 radical (unpaired) electrons. The van der Waals surface area contributed by atoms with Gasteiger partial charge in [-0.05, 0) is 72.4 Å². The normalized spacial score (nSPS) is 20.0. The van der Waals surface area contributed by atoms with Gasteiger partial charge in [-0.1, -0.05) is 76.4 Å². The molecule has 0 nitrogen and oxygen atoms in total. The van der Waals surface area contributed by atoms with Crippen LogP contribution in [0.15, 0.2) is 23.8 Å². The molecule has 4 rings (SSSR count). The van der Waals surface area contributed by atoms with E-state index in [-0.39, 0.29) is 5.56 Å². The third-order valence-electron chi connectivity index (χ3n) is 7.99. The van der Waals surface area contributed by atoms with Gasteiger partial charge in [0.2, 0.25) is 0 Å². The zero-order valence-corrected chi connectivity index (χ0v) is 20.5. The number of fused-ring (bicyclic) bond motifs is 1. The molecule has 1 saturated carbocycles. The van der Waals surface area contributed by atoms with Crippen LogP contribution in [-0.2, 0) is 6.42 Å². The van der Waals surface area contributed by atoms with Crippen molar-refractivity contribution in [2.45, 2.75) is 90.4 Å². The Labute approximate surface area is 205 Å². The van der Waals surface area contributed by atoms with Crippen molar-refractivity contribution < 1.29 is 22.0 Å². The van der Waals surface area contributed by atoms with Crippen molar-refractivity contribution in [3.8, 4) is 11.1 Å². The third-order valence-corrected chi connectivity index (χ3v) is 7.99. The first-order chi connectivity index (χ1) is 16.9. The van der Waals surface area contributed by atoms with Crippen molar-refractivity contribution in [1.82, 2.24) is 0 Å². The summed E-state index contributed by atoms with van der Waals surface area (Å²) >= 11 is 0. The summed E-state index contributed by atoms with van der Waals surface area (Å²) in [5.41, 5.74) is 1.19. The summed E-state index contributed by atoms with van der Waals surface area (Å²) < 4.78 is 70.7. The van der Waals surface area contributed by atoms with Crippen LogP contribution in [0, 0.1) is 40.9 Å². The fourth-order valence-corrected chi connectivity index (χ4v) is 5.86. The van der Waals surface area contributed by atoms with Crippen LogP contribution in [0.25, 0.3) is 17.2 Å². The SMILES string of the molecule is CCCCCCC1CCC(CCC2=Cc3cc(F)c(-c4cc(F)c(F)c(F)c4)c(F)c3CC2)CC1. The van der Waals surface area contributed by atoms with Crippen LogP contribution in [0.3, 0.4) is 0 Å². The molecule has 35 heavy (non-hydrogen) atoms. The lowest BCUT2D eigenvalue weighted by atomic mass is 9.77. The van der Waals surface area contributed by atoms with Gasteiger partial charge in [0.05, 0.1) is 5.56 Å². The van der Waals surface area contributed by atoms with E-state index in [1.165, 1.54) is 69.4 Å². The van der Waals surface area contributed by atoms with Gasteiger partial charge in [0.25, 0.3) is 0 Å². The van der Waals surface area contributed by atoms with Crippen molar-refractivity contribution in [1.29, 1.82) is 0 Å². The number of benzene rings is 2. The van der Waals surface area contributed by atoms with E-state index in [1.807, 2.05) is 6.08 Å². The number of hydrogen-bond acceptors (Lipinski definition) is 0. The Balaban J connectivity index is 1.38. The van der Waals surface area contributed by atoms with E-state index in [0.717, 1.165) is 24.7 Å². The second kappa shape index (κ2) is 11.7. The van der Waals surface area contributed by atoms with E-state index in [0.29, 0.717) is 36.1 Å². The van der Waals surface area contributed by atoms with Gasteiger partial charge in [0, 0.05) is 0 Å². The topological polar surface area (TPSA) is 0 Å². The van der Waals surface area contributed by atoms with Crippen molar-refractivity contribution in [3.63, 3.8) is 0 Å².